The Bertz CT molecular complexity index is 402. The molecule has 16 heavy (non-hydrogen) atoms. The van der Waals surface area contributed by atoms with E-state index in [0.29, 0.717) is 5.69 Å². The number of aromatic nitrogens is 2. The molecule has 0 N–H and O–H groups in total. The molecular formula is C11H16N2O3. The van der Waals surface area contributed by atoms with Crippen LogP contribution in [0.5, 0.6) is 0 Å². The van der Waals surface area contributed by atoms with Crippen LogP contribution in [0.1, 0.15) is 33.4 Å². The van der Waals surface area contributed by atoms with Gasteiger partial charge in [0, 0.05) is 12.6 Å². The smallest absolute Gasteiger partial charge is 0.419 e. The number of Topliss-reactive ketones (excluding diaryl/α,β-unsaturated/α-hetero) is 1. The van der Waals surface area contributed by atoms with Gasteiger partial charge in [0.15, 0.2) is 0 Å². The van der Waals surface area contributed by atoms with Gasteiger partial charge < -0.3 is 4.74 Å². The third-order valence-corrected chi connectivity index (χ3v) is 1.67. The normalized spacial score (nSPS) is 11.2. The zero-order valence-corrected chi connectivity index (χ0v) is 9.98. The summed E-state index contributed by atoms with van der Waals surface area (Å²) in [5.41, 5.74) is 0.0283. The van der Waals surface area contributed by atoms with E-state index in [0.717, 1.165) is 0 Å². The largest absolute Gasteiger partial charge is 0.443 e. The summed E-state index contributed by atoms with van der Waals surface area (Å²) in [6.07, 6.45) is 2.60. The van der Waals surface area contributed by atoms with Crippen LogP contribution in [0.15, 0.2) is 12.5 Å². The quantitative estimate of drug-likeness (QED) is 0.768. The van der Waals surface area contributed by atoms with Crippen LogP contribution in [0.4, 0.5) is 4.79 Å². The van der Waals surface area contributed by atoms with E-state index >= 15 is 0 Å². The zero-order valence-electron chi connectivity index (χ0n) is 9.98. The predicted molar refractivity (Wildman–Crippen MR) is 58.2 cm³/mol. The van der Waals surface area contributed by atoms with Crippen molar-refractivity contribution in [3.63, 3.8) is 0 Å². The van der Waals surface area contributed by atoms with Crippen LogP contribution < -0.4 is 0 Å². The standard InChI is InChI=1S/C11H16N2O3/c1-8(14)5-9-6-13(7-12-9)10(15)16-11(2,3)4/h6-7H,5H2,1-4H3. The van der Waals surface area contributed by atoms with Gasteiger partial charge in [0.1, 0.15) is 17.7 Å². The molecule has 0 saturated heterocycles. The van der Waals surface area contributed by atoms with Crippen molar-refractivity contribution in [3.05, 3.63) is 18.2 Å². The Labute approximate surface area is 94.4 Å². The van der Waals surface area contributed by atoms with Crippen molar-refractivity contribution in [1.82, 2.24) is 9.55 Å². The molecule has 0 aromatic carbocycles. The molecule has 1 rings (SSSR count). The van der Waals surface area contributed by atoms with Crippen molar-refractivity contribution in [1.29, 1.82) is 0 Å². The van der Waals surface area contributed by atoms with E-state index in [9.17, 15) is 9.59 Å². The molecule has 5 heteroatoms. The SMILES string of the molecule is CC(=O)Cc1cn(C(=O)OC(C)(C)C)cn1. The maximum Gasteiger partial charge on any atom is 0.419 e. The molecule has 1 aromatic rings. The Morgan fingerprint density at radius 1 is 1.44 bits per heavy atom. The molecule has 1 heterocycles. The number of imidazole rings is 1. The molecule has 0 atom stereocenters. The summed E-state index contributed by atoms with van der Waals surface area (Å²) in [5.74, 6) is 0.00874. The van der Waals surface area contributed by atoms with Gasteiger partial charge in [-0.05, 0) is 27.7 Å². The molecule has 0 bridgehead atoms. The minimum absolute atomic E-state index is 0.00874. The van der Waals surface area contributed by atoms with E-state index in [-0.39, 0.29) is 12.2 Å². The summed E-state index contributed by atoms with van der Waals surface area (Å²) in [4.78, 5) is 26.4. The van der Waals surface area contributed by atoms with Crippen LogP contribution in [-0.2, 0) is 16.0 Å². The first-order chi connectivity index (χ1) is 7.28. The highest BCUT2D eigenvalue weighted by atomic mass is 16.6. The van der Waals surface area contributed by atoms with E-state index < -0.39 is 11.7 Å². The third-order valence-electron chi connectivity index (χ3n) is 1.67. The Morgan fingerprint density at radius 2 is 2.06 bits per heavy atom. The molecular weight excluding hydrogens is 208 g/mol. The Hall–Kier alpha value is -1.65. The molecule has 0 aliphatic rings. The lowest BCUT2D eigenvalue weighted by Crippen LogP contribution is -2.26. The first kappa shape index (κ1) is 12.4. The molecule has 1 aromatic heterocycles. The van der Waals surface area contributed by atoms with Gasteiger partial charge in [0.2, 0.25) is 0 Å². The lowest BCUT2D eigenvalue weighted by molar-refractivity contribution is -0.116. The van der Waals surface area contributed by atoms with Crippen LogP contribution in [0, 0.1) is 0 Å². The topological polar surface area (TPSA) is 61.2 Å². The first-order valence-electron chi connectivity index (χ1n) is 5.03. The number of ether oxygens (including phenoxy) is 1. The maximum atomic E-state index is 11.6. The Kier molecular flexibility index (Phi) is 3.47. The second-order valence-electron chi connectivity index (χ2n) is 4.63. The van der Waals surface area contributed by atoms with Crippen molar-refractivity contribution in [2.24, 2.45) is 0 Å². The number of carbonyl (C=O) groups is 2. The molecule has 0 aliphatic heterocycles. The van der Waals surface area contributed by atoms with Crippen molar-refractivity contribution in [2.45, 2.75) is 39.7 Å². The molecule has 0 amide bonds. The van der Waals surface area contributed by atoms with E-state index in [1.165, 1.54) is 24.0 Å². The number of hydrogen-bond donors (Lipinski definition) is 0. The number of rotatable bonds is 2. The molecule has 0 unspecified atom stereocenters. The first-order valence-corrected chi connectivity index (χ1v) is 5.03. The van der Waals surface area contributed by atoms with Crippen LogP contribution in [0.3, 0.4) is 0 Å². The van der Waals surface area contributed by atoms with Crippen molar-refractivity contribution in [2.75, 3.05) is 0 Å². The monoisotopic (exact) mass is 224 g/mol. The lowest BCUT2D eigenvalue weighted by Gasteiger charge is -2.19. The van der Waals surface area contributed by atoms with E-state index in [1.54, 1.807) is 20.8 Å². The summed E-state index contributed by atoms with van der Waals surface area (Å²) in [6, 6.07) is 0. The summed E-state index contributed by atoms with van der Waals surface area (Å²) in [5, 5.41) is 0. The van der Waals surface area contributed by atoms with E-state index in [2.05, 4.69) is 4.98 Å². The van der Waals surface area contributed by atoms with Gasteiger partial charge in [0.25, 0.3) is 0 Å². The second-order valence-corrected chi connectivity index (χ2v) is 4.63. The number of carbonyl (C=O) groups excluding carboxylic acids is 2. The average molecular weight is 224 g/mol. The number of ketones is 1. The minimum atomic E-state index is -0.540. The minimum Gasteiger partial charge on any atom is -0.443 e. The lowest BCUT2D eigenvalue weighted by atomic mass is 10.2. The fourth-order valence-electron chi connectivity index (χ4n) is 1.12. The maximum absolute atomic E-state index is 11.6. The van der Waals surface area contributed by atoms with Gasteiger partial charge in [-0.25, -0.2) is 14.3 Å². The molecule has 0 fully saturated rings. The Morgan fingerprint density at radius 3 is 2.56 bits per heavy atom. The summed E-state index contributed by atoms with van der Waals surface area (Å²) < 4.78 is 6.38. The van der Waals surface area contributed by atoms with Crippen molar-refractivity contribution >= 4 is 11.9 Å². The fraction of sp³-hybridized carbons (Fsp3) is 0.545. The molecule has 0 spiro atoms. The molecule has 0 saturated carbocycles. The van der Waals surface area contributed by atoms with E-state index in [1.807, 2.05) is 0 Å². The van der Waals surface area contributed by atoms with Gasteiger partial charge in [-0.2, -0.15) is 0 Å². The van der Waals surface area contributed by atoms with Crippen LogP contribution >= 0.6 is 0 Å². The molecule has 0 aliphatic carbocycles. The van der Waals surface area contributed by atoms with Crippen molar-refractivity contribution in [3.8, 4) is 0 Å². The fourth-order valence-corrected chi connectivity index (χ4v) is 1.12. The highest BCUT2D eigenvalue weighted by Crippen LogP contribution is 2.09. The molecule has 88 valence electrons. The highest BCUT2D eigenvalue weighted by molar-refractivity contribution is 5.78. The van der Waals surface area contributed by atoms with Crippen molar-refractivity contribution < 1.29 is 14.3 Å². The third kappa shape index (κ3) is 3.84. The summed E-state index contributed by atoms with van der Waals surface area (Å²) in [7, 11) is 0. The van der Waals surface area contributed by atoms with E-state index in [4.69, 9.17) is 4.74 Å². The predicted octanol–water partition coefficient (Wildman–Crippen LogP) is 1.80. The van der Waals surface area contributed by atoms with Gasteiger partial charge in [-0.15, -0.1) is 0 Å². The number of nitrogens with zero attached hydrogens (tertiary/aromatic N) is 2. The van der Waals surface area contributed by atoms with Gasteiger partial charge in [-0.3, -0.25) is 4.79 Å². The van der Waals surface area contributed by atoms with Gasteiger partial charge in [0.05, 0.1) is 5.69 Å². The highest BCUT2D eigenvalue weighted by Gasteiger charge is 2.18. The van der Waals surface area contributed by atoms with Gasteiger partial charge >= 0.3 is 6.09 Å². The van der Waals surface area contributed by atoms with Crippen LogP contribution in [0.25, 0.3) is 0 Å². The Balaban J connectivity index is 2.71. The summed E-state index contributed by atoms with van der Waals surface area (Å²) in [6.45, 7) is 6.85. The summed E-state index contributed by atoms with van der Waals surface area (Å²) >= 11 is 0. The van der Waals surface area contributed by atoms with Crippen LogP contribution in [-0.4, -0.2) is 27.0 Å². The zero-order chi connectivity index (χ0) is 12.3. The van der Waals surface area contributed by atoms with Gasteiger partial charge in [-0.1, -0.05) is 0 Å². The average Bonchev–Trinajstić information content (AvgIpc) is 2.48. The second kappa shape index (κ2) is 4.47. The number of hydrogen-bond acceptors (Lipinski definition) is 4. The van der Waals surface area contributed by atoms with Crippen LogP contribution in [0.2, 0.25) is 0 Å². The molecule has 5 nitrogen and oxygen atoms in total. The molecule has 0 radical (unpaired) electrons.